The summed E-state index contributed by atoms with van der Waals surface area (Å²) >= 11 is 1.87. The summed E-state index contributed by atoms with van der Waals surface area (Å²) in [5.74, 6) is 2.37. The van der Waals surface area contributed by atoms with Crippen LogP contribution in [0.1, 0.15) is 18.3 Å². The number of aromatic nitrogens is 2. The van der Waals surface area contributed by atoms with Crippen molar-refractivity contribution in [1.82, 2.24) is 14.7 Å². The van der Waals surface area contributed by atoms with Crippen LogP contribution in [-0.2, 0) is 24.7 Å². The van der Waals surface area contributed by atoms with Crippen molar-refractivity contribution in [3.05, 3.63) is 17.5 Å². The number of nitrogens with zero attached hydrogens (tertiary/aromatic N) is 3. The Labute approximate surface area is 113 Å². The van der Waals surface area contributed by atoms with Crippen molar-refractivity contribution in [2.45, 2.75) is 25.8 Å². The van der Waals surface area contributed by atoms with Gasteiger partial charge in [-0.3, -0.25) is 14.4 Å². The van der Waals surface area contributed by atoms with Crippen molar-refractivity contribution in [2.24, 2.45) is 7.05 Å². The van der Waals surface area contributed by atoms with Crippen LogP contribution < -0.4 is 0 Å². The lowest BCUT2D eigenvalue weighted by Gasteiger charge is -2.30. The van der Waals surface area contributed by atoms with Gasteiger partial charge in [0.1, 0.15) is 0 Å². The predicted molar refractivity (Wildman–Crippen MR) is 75.0 cm³/mol. The molecule has 1 aromatic heterocycles. The number of carbonyl (C=O) groups is 1. The zero-order valence-corrected chi connectivity index (χ0v) is 12.2. The van der Waals surface area contributed by atoms with E-state index < -0.39 is 0 Å². The SMILES string of the molecule is CCc1cc(CC(=O)C2CSCCN2C)n(C)n1. The van der Waals surface area contributed by atoms with E-state index in [0.717, 1.165) is 35.9 Å². The molecule has 2 heterocycles. The first-order valence-corrected chi connectivity index (χ1v) is 7.59. The van der Waals surface area contributed by atoms with Gasteiger partial charge in [0, 0.05) is 30.8 Å². The molecule has 1 aliphatic rings. The van der Waals surface area contributed by atoms with Gasteiger partial charge in [0.2, 0.25) is 0 Å². The third kappa shape index (κ3) is 2.95. The zero-order chi connectivity index (χ0) is 13.1. The van der Waals surface area contributed by atoms with E-state index in [0.29, 0.717) is 12.2 Å². The molecule has 1 saturated heterocycles. The number of hydrogen-bond donors (Lipinski definition) is 0. The second-order valence-electron chi connectivity index (χ2n) is 4.82. The normalized spacial score (nSPS) is 21.2. The van der Waals surface area contributed by atoms with E-state index in [1.807, 2.05) is 36.6 Å². The number of rotatable bonds is 4. The minimum Gasteiger partial charge on any atom is -0.297 e. The highest BCUT2D eigenvalue weighted by Crippen LogP contribution is 2.17. The van der Waals surface area contributed by atoms with E-state index >= 15 is 0 Å². The average Bonchev–Trinajstić information content (AvgIpc) is 2.70. The summed E-state index contributed by atoms with van der Waals surface area (Å²) in [5, 5.41) is 4.39. The van der Waals surface area contributed by atoms with Gasteiger partial charge < -0.3 is 0 Å². The van der Waals surface area contributed by atoms with Gasteiger partial charge in [-0.15, -0.1) is 0 Å². The molecule has 100 valence electrons. The largest absolute Gasteiger partial charge is 0.297 e. The van der Waals surface area contributed by atoms with Crippen LogP contribution in [0.15, 0.2) is 6.07 Å². The van der Waals surface area contributed by atoms with E-state index in [9.17, 15) is 4.79 Å². The summed E-state index contributed by atoms with van der Waals surface area (Å²) in [5.41, 5.74) is 2.09. The molecule has 1 aliphatic heterocycles. The molecule has 1 unspecified atom stereocenters. The van der Waals surface area contributed by atoms with Gasteiger partial charge in [0.05, 0.1) is 18.2 Å². The molecule has 0 radical (unpaired) electrons. The van der Waals surface area contributed by atoms with Gasteiger partial charge in [0.25, 0.3) is 0 Å². The Balaban J connectivity index is 2.03. The maximum absolute atomic E-state index is 12.3. The first kappa shape index (κ1) is 13.6. The summed E-state index contributed by atoms with van der Waals surface area (Å²) in [6.45, 7) is 3.09. The van der Waals surface area contributed by atoms with Gasteiger partial charge in [-0.25, -0.2) is 0 Å². The van der Waals surface area contributed by atoms with Crippen LogP contribution in [0.25, 0.3) is 0 Å². The second-order valence-corrected chi connectivity index (χ2v) is 5.97. The first-order chi connectivity index (χ1) is 8.61. The third-order valence-corrected chi connectivity index (χ3v) is 4.54. The molecule has 1 aromatic rings. The Hall–Kier alpha value is -0.810. The van der Waals surface area contributed by atoms with E-state index in [1.165, 1.54) is 0 Å². The molecule has 0 aromatic carbocycles. The number of hydrogen-bond acceptors (Lipinski definition) is 4. The number of carbonyl (C=O) groups excluding carboxylic acids is 1. The zero-order valence-electron chi connectivity index (χ0n) is 11.3. The summed E-state index contributed by atoms with van der Waals surface area (Å²) in [6, 6.07) is 2.12. The predicted octanol–water partition coefficient (Wildman–Crippen LogP) is 1.14. The summed E-state index contributed by atoms with van der Waals surface area (Å²) in [4.78, 5) is 14.5. The van der Waals surface area contributed by atoms with E-state index in [1.54, 1.807) is 0 Å². The van der Waals surface area contributed by atoms with Gasteiger partial charge in [-0.1, -0.05) is 6.92 Å². The number of Topliss-reactive ketones (excluding diaryl/α,β-unsaturated/α-hetero) is 1. The lowest BCUT2D eigenvalue weighted by Crippen LogP contribution is -2.45. The van der Waals surface area contributed by atoms with Crippen molar-refractivity contribution in [1.29, 1.82) is 0 Å². The fourth-order valence-corrected chi connectivity index (χ4v) is 3.48. The quantitative estimate of drug-likeness (QED) is 0.820. The Bertz CT molecular complexity index is 430. The molecule has 5 heteroatoms. The Morgan fingerprint density at radius 3 is 2.94 bits per heavy atom. The van der Waals surface area contributed by atoms with Crippen LogP contribution >= 0.6 is 11.8 Å². The van der Waals surface area contributed by atoms with Gasteiger partial charge in [-0.2, -0.15) is 16.9 Å². The van der Waals surface area contributed by atoms with Gasteiger partial charge >= 0.3 is 0 Å². The lowest BCUT2D eigenvalue weighted by atomic mass is 10.1. The second kappa shape index (κ2) is 5.89. The van der Waals surface area contributed by atoms with E-state index in [-0.39, 0.29) is 6.04 Å². The molecule has 0 spiro atoms. The van der Waals surface area contributed by atoms with Crippen molar-refractivity contribution in [3.8, 4) is 0 Å². The molecule has 0 N–H and O–H groups in total. The molecule has 0 saturated carbocycles. The molecule has 0 bridgehead atoms. The highest BCUT2D eigenvalue weighted by atomic mass is 32.2. The summed E-state index contributed by atoms with van der Waals surface area (Å²) in [7, 11) is 3.96. The highest BCUT2D eigenvalue weighted by Gasteiger charge is 2.26. The smallest absolute Gasteiger partial charge is 0.156 e. The van der Waals surface area contributed by atoms with Crippen molar-refractivity contribution >= 4 is 17.5 Å². The van der Waals surface area contributed by atoms with Crippen molar-refractivity contribution in [3.63, 3.8) is 0 Å². The van der Waals surface area contributed by atoms with Crippen LogP contribution in [0, 0.1) is 0 Å². The van der Waals surface area contributed by atoms with Crippen LogP contribution in [0.4, 0.5) is 0 Å². The van der Waals surface area contributed by atoms with Crippen LogP contribution in [0.5, 0.6) is 0 Å². The average molecular weight is 267 g/mol. The van der Waals surface area contributed by atoms with Crippen molar-refractivity contribution < 1.29 is 4.79 Å². The molecule has 0 amide bonds. The number of ketones is 1. The van der Waals surface area contributed by atoms with E-state index in [4.69, 9.17) is 0 Å². The number of aryl methyl sites for hydroxylation is 2. The molecule has 1 atom stereocenters. The minimum absolute atomic E-state index is 0.0729. The highest BCUT2D eigenvalue weighted by molar-refractivity contribution is 7.99. The molecule has 4 nitrogen and oxygen atoms in total. The molecule has 0 aliphatic carbocycles. The van der Waals surface area contributed by atoms with Crippen LogP contribution in [0.2, 0.25) is 0 Å². The number of thioether (sulfide) groups is 1. The fourth-order valence-electron chi connectivity index (χ4n) is 2.23. The Kier molecular flexibility index (Phi) is 4.45. The topological polar surface area (TPSA) is 38.1 Å². The molecular formula is C13H21N3OS. The number of likely N-dealkylation sites (N-methyl/N-ethyl adjacent to an activating group) is 1. The molecule has 18 heavy (non-hydrogen) atoms. The molecular weight excluding hydrogens is 246 g/mol. The fraction of sp³-hybridized carbons (Fsp3) is 0.692. The van der Waals surface area contributed by atoms with Gasteiger partial charge in [-0.05, 0) is 19.5 Å². The summed E-state index contributed by atoms with van der Waals surface area (Å²) < 4.78 is 1.84. The molecule has 2 rings (SSSR count). The third-order valence-electron chi connectivity index (χ3n) is 3.51. The van der Waals surface area contributed by atoms with Crippen molar-refractivity contribution in [2.75, 3.05) is 25.1 Å². The summed E-state index contributed by atoms with van der Waals surface area (Å²) in [6.07, 6.45) is 1.42. The maximum atomic E-state index is 12.3. The lowest BCUT2D eigenvalue weighted by molar-refractivity contribution is -0.122. The maximum Gasteiger partial charge on any atom is 0.156 e. The van der Waals surface area contributed by atoms with Crippen LogP contribution in [0.3, 0.4) is 0 Å². The minimum atomic E-state index is 0.0729. The first-order valence-electron chi connectivity index (χ1n) is 6.44. The van der Waals surface area contributed by atoms with E-state index in [2.05, 4.69) is 16.9 Å². The Morgan fingerprint density at radius 1 is 1.56 bits per heavy atom. The monoisotopic (exact) mass is 267 g/mol. The Morgan fingerprint density at radius 2 is 2.33 bits per heavy atom. The van der Waals surface area contributed by atoms with Gasteiger partial charge in [0.15, 0.2) is 5.78 Å². The molecule has 1 fully saturated rings. The standard InChI is InChI=1S/C13H21N3OS/c1-4-10-7-11(16(3)14-10)8-13(17)12-9-18-6-5-15(12)2/h7,12H,4-6,8-9H2,1-3H3. The van der Waals surface area contributed by atoms with Crippen LogP contribution in [-0.4, -0.2) is 51.6 Å².